The summed E-state index contributed by atoms with van der Waals surface area (Å²) in [6.45, 7) is 0.296. The van der Waals surface area contributed by atoms with E-state index in [1.165, 1.54) is 12.5 Å². The molecule has 0 atom stereocenters. The number of nitriles is 1. The van der Waals surface area contributed by atoms with Gasteiger partial charge >= 0.3 is 0 Å². The van der Waals surface area contributed by atoms with Crippen LogP contribution in [-0.4, -0.2) is 15.5 Å². The van der Waals surface area contributed by atoms with Gasteiger partial charge in [0.25, 0.3) is 5.92 Å². The summed E-state index contributed by atoms with van der Waals surface area (Å²) < 4.78 is 26.0. The summed E-state index contributed by atoms with van der Waals surface area (Å²) in [7, 11) is 0. The van der Waals surface area contributed by atoms with Crippen LogP contribution in [-0.2, 0) is 6.54 Å². The maximum atomic E-state index is 12.4. The molecule has 0 N–H and O–H groups in total. The van der Waals surface area contributed by atoms with E-state index in [1.807, 2.05) is 0 Å². The van der Waals surface area contributed by atoms with E-state index >= 15 is 0 Å². The number of imidazole rings is 1. The van der Waals surface area contributed by atoms with Crippen molar-refractivity contribution in [3.63, 3.8) is 0 Å². The van der Waals surface area contributed by atoms with Crippen LogP contribution in [0.25, 0.3) is 0 Å². The van der Waals surface area contributed by atoms with Crippen LogP contribution in [0.5, 0.6) is 0 Å². The lowest BCUT2D eigenvalue weighted by atomic mass is 10.3. The predicted molar refractivity (Wildman–Crippen MR) is 37.6 cm³/mol. The molecule has 0 radical (unpaired) electrons. The van der Waals surface area contributed by atoms with Crippen LogP contribution < -0.4 is 0 Å². The summed E-state index contributed by atoms with van der Waals surface area (Å²) in [4.78, 5) is 3.58. The quantitative estimate of drug-likeness (QED) is 0.675. The summed E-state index contributed by atoms with van der Waals surface area (Å²) in [6.07, 6.45) is 2.47. The zero-order valence-corrected chi connectivity index (χ0v) is 6.46. The first-order valence-electron chi connectivity index (χ1n) is 3.31. The van der Waals surface area contributed by atoms with Crippen molar-refractivity contribution < 1.29 is 8.78 Å². The fourth-order valence-electron chi connectivity index (χ4n) is 0.839. The highest BCUT2D eigenvalue weighted by atomic mass is 19.3. The van der Waals surface area contributed by atoms with Crippen molar-refractivity contribution in [1.82, 2.24) is 9.55 Å². The van der Waals surface area contributed by atoms with Gasteiger partial charge in [0.05, 0.1) is 19.1 Å². The lowest BCUT2D eigenvalue weighted by Gasteiger charge is -2.10. The maximum absolute atomic E-state index is 12.4. The highest BCUT2D eigenvalue weighted by Gasteiger charge is 2.22. The maximum Gasteiger partial charge on any atom is 0.263 e. The number of rotatable bonds is 2. The van der Waals surface area contributed by atoms with Gasteiger partial charge in [-0.1, -0.05) is 0 Å². The molecule has 1 aromatic rings. The molecular formula is C7H7F2N3. The summed E-state index contributed by atoms with van der Waals surface area (Å²) >= 11 is 0. The van der Waals surface area contributed by atoms with Gasteiger partial charge in [-0.3, -0.25) is 0 Å². The minimum absolute atomic E-state index is 0.150. The van der Waals surface area contributed by atoms with Crippen LogP contribution in [0.15, 0.2) is 12.5 Å². The van der Waals surface area contributed by atoms with Gasteiger partial charge in [0.15, 0.2) is 0 Å². The molecule has 1 heterocycles. The average Bonchev–Trinajstić information content (AvgIpc) is 2.31. The molecule has 0 bridgehead atoms. The van der Waals surface area contributed by atoms with Gasteiger partial charge in [-0.2, -0.15) is 5.26 Å². The molecule has 5 heteroatoms. The van der Waals surface area contributed by atoms with Gasteiger partial charge in [0.1, 0.15) is 11.8 Å². The van der Waals surface area contributed by atoms with E-state index in [1.54, 1.807) is 6.07 Å². The minimum Gasteiger partial charge on any atom is -0.316 e. The first kappa shape index (κ1) is 8.65. The van der Waals surface area contributed by atoms with Gasteiger partial charge in [-0.05, 0) is 0 Å². The van der Waals surface area contributed by atoms with Gasteiger partial charge in [0, 0.05) is 6.92 Å². The van der Waals surface area contributed by atoms with E-state index in [0.717, 1.165) is 11.5 Å². The number of hydrogen-bond donors (Lipinski definition) is 0. The minimum atomic E-state index is -2.81. The molecule has 1 rings (SSSR count). The summed E-state index contributed by atoms with van der Waals surface area (Å²) in [5.41, 5.74) is 0.150. The second-order valence-electron chi connectivity index (χ2n) is 2.59. The van der Waals surface area contributed by atoms with Crippen LogP contribution in [0.1, 0.15) is 12.6 Å². The van der Waals surface area contributed by atoms with Gasteiger partial charge in [-0.15, -0.1) is 0 Å². The molecule has 0 saturated heterocycles. The molecule has 0 unspecified atom stereocenters. The van der Waals surface area contributed by atoms with E-state index in [-0.39, 0.29) is 5.69 Å². The zero-order valence-electron chi connectivity index (χ0n) is 6.46. The Morgan fingerprint density at radius 2 is 2.42 bits per heavy atom. The van der Waals surface area contributed by atoms with Crippen LogP contribution in [0.2, 0.25) is 0 Å². The van der Waals surface area contributed by atoms with Gasteiger partial charge in [-0.25, -0.2) is 13.8 Å². The molecule has 0 aliphatic rings. The first-order valence-corrected chi connectivity index (χ1v) is 3.31. The van der Waals surface area contributed by atoms with Crippen LogP contribution in [0.4, 0.5) is 8.78 Å². The fourth-order valence-corrected chi connectivity index (χ4v) is 0.839. The molecule has 12 heavy (non-hydrogen) atoms. The monoisotopic (exact) mass is 171 g/mol. The third kappa shape index (κ3) is 2.02. The fraction of sp³-hybridized carbons (Fsp3) is 0.429. The number of halogens is 2. The molecule has 0 saturated carbocycles. The highest BCUT2D eigenvalue weighted by molar-refractivity contribution is 5.17. The predicted octanol–water partition coefficient (Wildman–Crippen LogP) is 1.41. The van der Waals surface area contributed by atoms with E-state index in [9.17, 15) is 8.78 Å². The molecule has 64 valence electrons. The smallest absolute Gasteiger partial charge is 0.263 e. The third-order valence-corrected chi connectivity index (χ3v) is 1.27. The van der Waals surface area contributed by atoms with E-state index in [2.05, 4.69) is 4.98 Å². The number of hydrogen-bond acceptors (Lipinski definition) is 2. The standard InChI is InChI=1S/C7H7F2N3/c1-7(8,9)4-12-5-11-3-6(12)2-10/h3,5H,4H2,1H3. The Labute approximate surface area is 68.3 Å². The average molecular weight is 171 g/mol. The Balaban J connectivity index is 2.84. The lowest BCUT2D eigenvalue weighted by Crippen LogP contribution is -2.19. The van der Waals surface area contributed by atoms with Crippen LogP contribution in [0, 0.1) is 11.3 Å². The Bertz CT molecular complexity index is 305. The molecule has 0 aliphatic heterocycles. The van der Waals surface area contributed by atoms with E-state index < -0.39 is 12.5 Å². The molecule has 0 aliphatic carbocycles. The Morgan fingerprint density at radius 1 is 1.75 bits per heavy atom. The topological polar surface area (TPSA) is 41.6 Å². The molecule has 1 aromatic heterocycles. The molecule has 3 nitrogen and oxygen atoms in total. The van der Waals surface area contributed by atoms with Crippen molar-refractivity contribution in [3.8, 4) is 6.07 Å². The largest absolute Gasteiger partial charge is 0.316 e. The Kier molecular flexibility index (Phi) is 2.09. The van der Waals surface area contributed by atoms with Gasteiger partial charge < -0.3 is 4.57 Å². The zero-order chi connectivity index (χ0) is 9.19. The van der Waals surface area contributed by atoms with Gasteiger partial charge in [0.2, 0.25) is 0 Å². The van der Waals surface area contributed by atoms with Crippen molar-refractivity contribution in [2.24, 2.45) is 0 Å². The number of aromatic nitrogens is 2. The molecular weight excluding hydrogens is 164 g/mol. The number of nitrogens with zero attached hydrogens (tertiary/aromatic N) is 3. The first-order chi connectivity index (χ1) is 5.53. The molecule has 0 fully saturated rings. The second-order valence-corrected chi connectivity index (χ2v) is 2.59. The Morgan fingerprint density at radius 3 is 2.92 bits per heavy atom. The normalized spacial score (nSPS) is 11.2. The SMILES string of the molecule is CC(F)(F)Cn1cncc1C#N. The van der Waals surface area contributed by atoms with Crippen LogP contribution >= 0.6 is 0 Å². The van der Waals surface area contributed by atoms with Crippen molar-refractivity contribution in [2.75, 3.05) is 0 Å². The Hall–Kier alpha value is -1.44. The summed E-state index contributed by atoms with van der Waals surface area (Å²) in [5.74, 6) is -2.81. The third-order valence-electron chi connectivity index (χ3n) is 1.27. The van der Waals surface area contributed by atoms with Crippen molar-refractivity contribution in [2.45, 2.75) is 19.4 Å². The highest BCUT2D eigenvalue weighted by Crippen LogP contribution is 2.15. The van der Waals surface area contributed by atoms with Crippen LogP contribution in [0.3, 0.4) is 0 Å². The molecule has 0 amide bonds. The van der Waals surface area contributed by atoms with Crippen molar-refractivity contribution in [3.05, 3.63) is 18.2 Å². The summed E-state index contributed by atoms with van der Waals surface area (Å²) in [5, 5.41) is 8.45. The second kappa shape index (κ2) is 2.89. The van der Waals surface area contributed by atoms with Crippen molar-refractivity contribution in [1.29, 1.82) is 5.26 Å². The lowest BCUT2D eigenvalue weighted by molar-refractivity contribution is 0.00368. The molecule has 0 spiro atoms. The van der Waals surface area contributed by atoms with E-state index in [4.69, 9.17) is 5.26 Å². The molecule has 0 aromatic carbocycles. The number of alkyl halides is 2. The van der Waals surface area contributed by atoms with E-state index in [0.29, 0.717) is 0 Å². The van der Waals surface area contributed by atoms with Crippen molar-refractivity contribution >= 4 is 0 Å². The summed E-state index contributed by atoms with van der Waals surface area (Å²) in [6, 6.07) is 1.77.